The monoisotopic (exact) mass is 397 g/mol. The van der Waals surface area contributed by atoms with Crippen LogP contribution >= 0.6 is 11.8 Å². The smallest absolute Gasteiger partial charge is 0.311 e. The van der Waals surface area contributed by atoms with Crippen LogP contribution in [0, 0.1) is 5.92 Å². The molecule has 1 saturated heterocycles. The fraction of sp³-hybridized carbons (Fsp3) is 0.458. The molecule has 28 heavy (non-hydrogen) atoms. The van der Waals surface area contributed by atoms with E-state index in [0.717, 1.165) is 0 Å². The fourth-order valence-electron chi connectivity index (χ4n) is 4.70. The number of ether oxygens (including phenoxy) is 1. The Bertz CT molecular complexity index is 778. The van der Waals surface area contributed by atoms with Crippen LogP contribution < -0.4 is 0 Å². The second-order valence-electron chi connectivity index (χ2n) is 8.02. The van der Waals surface area contributed by atoms with Crippen molar-refractivity contribution < 1.29 is 9.53 Å². The maximum Gasteiger partial charge on any atom is 0.311 e. The van der Waals surface area contributed by atoms with E-state index in [4.69, 9.17) is 4.74 Å². The molecule has 1 fully saturated rings. The van der Waals surface area contributed by atoms with Gasteiger partial charge in [0.25, 0.3) is 0 Å². The number of carbonyl (C=O) groups excluding carboxylic acids is 1. The lowest BCUT2D eigenvalue weighted by Crippen LogP contribution is -2.47. The van der Waals surface area contributed by atoms with Crippen LogP contribution in [-0.2, 0) is 9.53 Å². The van der Waals surface area contributed by atoms with Gasteiger partial charge in [0.2, 0.25) is 0 Å². The normalized spacial score (nSPS) is 25.4. The van der Waals surface area contributed by atoms with E-state index >= 15 is 0 Å². The van der Waals surface area contributed by atoms with Crippen molar-refractivity contribution in [3.05, 3.63) is 66.2 Å². The Labute approximate surface area is 173 Å². The zero-order chi connectivity index (χ0) is 20.3. The molecule has 0 N–H and O–H groups in total. The average molecular weight is 398 g/mol. The molecule has 0 saturated carbocycles. The third-order valence-electron chi connectivity index (χ3n) is 5.91. The van der Waals surface area contributed by atoms with Crippen molar-refractivity contribution in [3.8, 4) is 0 Å². The highest BCUT2D eigenvalue weighted by molar-refractivity contribution is 8.00. The molecule has 0 unspecified atom stereocenters. The summed E-state index contributed by atoms with van der Waals surface area (Å²) >= 11 is 1.80. The number of esters is 1. The van der Waals surface area contributed by atoms with Gasteiger partial charge < -0.3 is 4.74 Å². The molecule has 4 atom stereocenters. The predicted molar refractivity (Wildman–Crippen MR) is 116 cm³/mol. The standard InChI is InChI=1S/C24H31NO2S/c1-6-27-23(26)21-18(3)25(17(2)19-13-9-7-10-14-19)24(4,5)22(21)28-20-15-11-8-12-16-20/h7-18,21-22H,6H2,1-5H3/t17-,18-,21+,22-/m0/s1. The first-order valence-electron chi connectivity index (χ1n) is 10.1. The second-order valence-corrected chi connectivity index (χ2v) is 9.23. The highest BCUT2D eigenvalue weighted by Gasteiger charge is 2.57. The molecule has 1 aliphatic rings. The molecule has 0 spiro atoms. The molecule has 2 aromatic rings. The van der Waals surface area contributed by atoms with E-state index < -0.39 is 0 Å². The van der Waals surface area contributed by atoms with E-state index in [1.165, 1.54) is 10.5 Å². The third-order valence-corrected chi connectivity index (χ3v) is 7.58. The van der Waals surface area contributed by atoms with E-state index in [-0.39, 0.29) is 34.8 Å². The lowest BCUT2D eigenvalue weighted by molar-refractivity contribution is -0.148. The third kappa shape index (κ3) is 3.99. The summed E-state index contributed by atoms with van der Waals surface area (Å²) in [6.45, 7) is 11.2. The Balaban J connectivity index is 1.98. The highest BCUT2D eigenvalue weighted by Crippen LogP contribution is 2.50. The van der Waals surface area contributed by atoms with Gasteiger partial charge in [0, 0.05) is 27.8 Å². The quantitative estimate of drug-likeness (QED) is 0.596. The number of benzene rings is 2. The number of nitrogens with zero attached hydrogens (tertiary/aromatic N) is 1. The Morgan fingerprint density at radius 2 is 1.68 bits per heavy atom. The van der Waals surface area contributed by atoms with E-state index in [0.29, 0.717) is 6.61 Å². The number of thioether (sulfide) groups is 1. The number of likely N-dealkylation sites (tertiary alicyclic amines) is 1. The van der Waals surface area contributed by atoms with Crippen LogP contribution in [0.4, 0.5) is 0 Å². The molecule has 0 aliphatic carbocycles. The van der Waals surface area contributed by atoms with Crippen molar-refractivity contribution in [2.24, 2.45) is 5.92 Å². The van der Waals surface area contributed by atoms with Gasteiger partial charge in [-0.05, 0) is 52.3 Å². The van der Waals surface area contributed by atoms with Crippen LogP contribution in [0.3, 0.4) is 0 Å². The largest absolute Gasteiger partial charge is 0.466 e. The molecule has 0 amide bonds. The van der Waals surface area contributed by atoms with Gasteiger partial charge in [-0.2, -0.15) is 0 Å². The fourth-order valence-corrected chi connectivity index (χ4v) is 6.21. The van der Waals surface area contributed by atoms with Crippen molar-refractivity contribution >= 4 is 17.7 Å². The van der Waals surface area contributed by atoms with Crippen molar-refractivity contribution in [2.45, 2.75) is 62.4 Å². The molecule has 0 radical (unpaired) electrons. The zero-order valence-corrected chi connectivity index (χ0v) is 18.3. The van der Waals surface area contributed by atoms with E-state index in [1.54, 1.807) is 11.8 Å². The summed E-state index contributed by atoms with van der Waals surface area (Å²) < 4.78 is 5.51. The summed E-state index contributed by atoms with van der Waals surface area (Å²) in [5.74, 6) is -0.259. The lowest BCUT2D eigenvalue weighted by atomic mass is 9.93. The molecule has 2 aromatic carbocycles. The lowest BCUT2D eigenvalue weighted by Gasteiger charge is -2.41. The highest BCUT2D eigenvalue weighted by atomic mass is 32.2. The summed E-state index contributed by atoms with van der Waals surface area (Å²) in [6, 6.07) is 21.2. The summed E-state index contributed by atoms with van der Waals surface area (Å²) in [6.07, 6.45) is 0. The molecule has 1 heterocycles. The Kier molecular flexibility index (Phi) is 6.51. The van der Waals surface area contributed by atoms with Gasteiger partial charge in [0.15, 0.2) is 0 Å². The number of carbonyl (C=O) groups is 1. The van der Waals surface area contributed by atoms with Crippen LogP contribution in [0.5, 0.6) is 0 Å². The molecule has 3 rings (SSSR count). The van der Waals surface area contributed by atoms with Crippen LogP contribution in [0.25, 0.3) is 0 Å². The SMILES string of the molecule is CCOC(=O)[C@@H]1[C@H](C)N([C@@H](C)c2ccccc2)C(C)(C)[C@H]1Sc1ccccc1. The number of hydrogen-bond donors (Lipinski definition) is 0. The molecular formula is C24H31NO2S. The van der Waals surface area contributed by atoms with Gasteiger partial charge in [-0.3, -0.25) is 9.69 Å². The van der Waals surface area contributed by atoms with Gasteiger partial charge in [-0.1, -0.05) is 48.5 Å². The number of hydrogen-bond acceptors (Lipinski definition) is 4. The molecule has 3 nitrogen and oxygen atoms in total. The summed E-state index contributed by atoms with van der Waals surface area (Å²) in [5.41, 5.74) is 1.10. The topological polar surface area (TPSA) is 29.5 Å². The summed E-state index contributed by atoms with van der Waals surface area (Å²) in [5, 5.41) is 0.107. The summed E-state index contributed by atoms with van der Waals surface area (Å²) in [7, 11) is 0. The second kappa shape index (κ2) is 8.71. The maximum absolute atomic E-state index is 13.0. The summed E-state index contributed by atoms with van der Waals surface area (Å²) in [4.78, 5) is 16.7. The van der Waals surface area contributed by atoms with Crippen LogP contribution in [0.2, 0.25) is 0 Å². The van der Waals surface area contributed by atoms with Crippen molar-refractivity contribution in [2.75, 3.05) is 6.61 Å². The van der Waals surface area contributed by atoms with E-state index in [1.807, 2.05) is 19.1 Å². The molecule has 150 valence electrons. The Morgan fingerprint density at radius 1 is 1.11 bits per heavy atom. The van der Waals surface area contributed by atoms with Crippen molar-refractivity contribution in [1.29, 1.82) is 0 Å². The minimum Gasteiger partial charge on any atom is -0.466 e. The molecule has 1 aliphatic heterocycles. The van der Waals surface area contributed by atoms with Crippen LogP contribution in [-0.4, -0.2) is 34.3 Å². The number of rotatable bonds is 6. The Morgan fingerprint density at radius 3 is 2.25 bits per heavy atom. The predicted octanol–water partition coefficient (Wildman–Crippen LogP) is 5.57. The molecular weight excluding hydrogens is 366 g/mol. The van der Waals surface area contributed by atoms with Gasteiger partial charge >= 0.3 is 5.97 Å². The van der Waals surface area contributed by atoms with Crippen molar-refractivity contribution in [1.82, 2.24) is 4.90 Å². The van der Waals surface area contributed by atoms with Crippen LogP contribution in [0.15, 0.2) is 65.6 Å². The van der Waals surface area contributed by atoms with Gasteiger partial charge in [0.05, 0.1) is 12.5 Å². The minimum atomic E-state index is -0.175. The average Bonchev–Trinajstić information content (AvgIpc) is 2.88. The molecule has 0 bridgehead atoms. The first-order valence-corrected chi connectivity index (χ1v) is 11.0. The van der Waals surface area contributed by atoms with E-state index in [9.17, 15) is 4.79 Å². The maximum atomic E-state index is 13.0. The minimum absolute atomic E-state index is 0.0840. The molecule has 0 aromatic heterocycles. The zero-order valence-electron chi connectivity index (χ0n) is 17.5. The first-order chi connectivity index (χ1) is 13.4. The van der Waals surface area contributed by atoms with Gasteiger partial charge in [-0.15, -0.1) is 11.8 Å². The van der Waals surface area contributed by atoms with Gasteiger partial charge in [0.1, 0.15) is 0 Å². The van der Waals surface area contributed by atoms with Crippen LogP contribution in [0.1, 0.15) is 46.2 Å². The van der Waals surface area contributed by atoms with E-state index in [2.05, 4.69) is 81.1 Å². The Hall–Kier alpha value is -1.78. The molecule has 4 heteroatoms. The van der Waals surface area contributed by atoms with Crippen molar-refractivity contribution in [3.63, 3.8) is 0 Å². The first kappa shape index (κ1) is 20.9. The van der Waals surface area contributed by atoms with Gasteiger partial charge in [-0.25, -0.2) is 0 Å².